The Kier molecular flexibility index (Phi) is 4.03. The average Bonchev–Trinajstić information content (AvgIpc) is 2.42. The molecule has 1 heterocycles. The van der Waals surface area contributed by atoms with Crippen LogP contribution in [0.1, 0.15) is 16.2 Å². The summed E-state index contributed by atoms with van der Waals surface area (Å²) >= 11 is 5.76. The third-order valence-corrected chi connectivity index (χ3v) is 2.57. The Bertz CT molecular complexity index is 601. The maximum absolute atomic E-state index is 13.5. The first-order valence-corrected chi connectivity index (χ1v) is 5.67. The first-order chi connectivity index (χ1) is 9.13. The van der Waals surface area contributed by atoms with Gasteiger partial charge in [0.2, 0.25) is 0 Å². The van der Waals surface area contributed by atoms with E-state index in [1.807, 2.05) is 0 Å². The van der Waals surface area contributed by atoms with Gasteiger partial charge in [0.05, 0.1) is 10.7 Å². The van der Waals surface area contributed by atoms with Crippen LogP contribution >= 0.6 is 11.6 Å². The number of halogens is 2. The number of esters is 1. The predicted octanol–water partition coefficient (Wildman–Crippen LogP) is 1.95. The number of carbonyl (C=O) groups is 1. The lowest BCUT2D eigenvalue weighted by molar-refractivity contribution is 0.0720. The molecule has 0 saturated carbocycles. The molecule has 98 valence electrons. The normalized spacial score (nSPS) is 10.3. The molecule has 0 bridgehead atoms. The van der Waals surface area contributed by atoms with Crippen molar-refractivity contribution in [3.63, 3.8) is 0 Å². The number of benzene rings is 1. The molecular weight excluding hydrogens is 273 g/mol. The Hall–Kier alpha value is -2.05. The molecule has 0 fully saturated rings. The Morgan fingerprint density at radius 3 is 2.79 bits per heavy atom. The minimum Gasteiger partial charge on any atom is -0.417 e. The fourth-order valence-electron chi connectivity index (χ4n) is 1.41. The molecule has 0 amide bonds. The van der Waals surface area contributed by atoms with Crippen molar-refractivity contribution in [3.8, 4) is 5.75 Å². The molecule has 2 aromatic rings. The zero-order chi connectivity index (χ0) is 13.8. The molecule has 0 saturated heterocycles. The Morgan fingerprint density at radius 2 is 2.11 bits per heavy atom. The van der Waals surface area contributed by atoms with E-state index in [-0.39, 0.29) is 28.7 Å². The number of rotatable bonds is 3. The highest BCUT2D eigenvalue weighted by Gasteiger charge is 2.19. The maximum atomic E-state index is 13.5. The third kappa shape index (κ3) is 2.86. The van der Waals surface area contributed by atoms with E-state index in [1.54, 1.807) is 0 Å². The van der Waals surface area contributed by atoms with E-state index >= 15 is 0 Å². The lowest BCUT2D eigenvalue weighted by atomic mass is 10.3. The Morgan fingerprint density at radius 1 is 1.37 bits per heavy atom. The number of nitrogens with two attached hydrogens (primary N) is 1. The van der Waals surface area contributed by atoms with Gasteiger partial charge in [-0.05, 0) is 12.1 Å². The summed E-state index contributed by atoms with van der Waals surface area (Å²) in [5.41, 5.74) is 5.63. The minimum atomic E-state index is -0.861. The van der Waals surface area contributed by atoms with Crippen molar-refractivity contribution < 1.29 is 13.9 Å². The topological polar surface area (TPSA) is 78.1 Å². The van der Waals surface area contributed by atoms with E-state index in [1.165, 1.54) is 24.5 Å². The largest absolute Gasteiger partial charge is 0.417 e. The van der Waals surface area contributed by atoms with Crippen LogP contribution < -0.4 is 10.5 Å². The molecule has 0 aliphatic rings. The van der Waals surface area contributed by atoms with E-state index in [0.29, 0.717) is 0 Å². The zero-order valence-corrected chi connectivity index (χ0v) is 10.4. The van der Waals surface area contributed by atoms with Gasteiger partial charge in [0, 0.05) is 18.9 Å². The van der Waals surface area contributed by atoms with Gasteiger partial charge in [-0.2, -0.15) is 0 Å². The van der Waals surface area contributed by atoms with E-state index in [4.69, 9.17) is 22.1 Å². The van der Waals surface area contributed by atoms with Gasteiger partial charge in [-0.3, -0.25) is 4.98 Å². The smallest absolute Gasteiger partial charge is 0.364 e. The van der Waals surface area contributed by atoms with E-state index in [9.17, 15) is 9.18 Å². The minimum absolute atomic E-state index is 0.00783. The Balaban J connectivity index is 2.31. The van der Waals surface area contributed by atoms with Crippen molar-refractivity contribution in [2.45, 2.75) is 6.54 Å². The molecule has 0 aliphatic carbocycles. The van der Waals surface area contributed by atoms with Gasteiger partial charge in [0.15, 0.2) is 17.3 Å². The molecule has 0 atom stereocenters. The number of nitrogens with zero attached hydrogens (tertiary/aromatic N) is 2. The fourth-order valence-corrected chi connectivity index (χ4v) is 1.61. The van der Waals surface area contributed by atoms with Crippen molar-refractivity contribution >= 4 is 17.6 Å². The van der Waals surface area contributed by atoms with Gasteiger partial charge >= 0.3 is 5.97 Å². The second-order valence-electron chi connectivity index (χ2n) is 3.50. The second kappa shape index (κ2) is 5.73. The number of ether oxygens (including phenoxy) is 1. The van der Waals surface area contributed by atoms with Gasteiger partial charge in [-0.25, -0.2) is 14.2 Å². The molecular formula is C12H9ClFN3O2. The first-order valence-electron chi connectivity index (χ1n) is 5.29. The average molecular weight is 282 g/mol. The summed E-state index contributed by atoms with van der Waals surface area (Å²) in [5.74, 6) is -1.94. The highest BCUT2D eigenvalue weighted by Crippen LogP contribution is 2.27. The molecule has 5 nitrogen and oxygen atoms in total. The molecule has 0 unspecified atom stereocenters. The fraction of sp³-hybridized carbons (Fsp3) is 0.0833. The summed E-state index contributed by atoms with van der Waals surface area (Å²) in [6, 6.07) is 3.95. The van der Waals surface area contributed by atoms with Crippen molar-refractivity contribution in [2.75, 3.05) is 0 Å². The third-order valence-electron chi connectivity index (χ3n) is 2.27. The first kappa shape index (κ1) is 13.4. The molecule has 1 aromatic carbocycles. The van der Waals surface area contributed by atoms with Crippen molar-refractivity contribution in [3.05, 3.63) is 52.8 Å². The number of hydrogen-bond donors (Lipinski definition) is 1. The van der Waals surface area contributed by atoms with Crippen LogP contribution in [-0.2, 0) is 6.54 Å². The molecule has 19 heavy (non-hydrogen) atoms. The quantitative estimate of drug-likeness (QED) is 0.687. The van der Waals surface area contributed by atoms with Crippen molar-refractivity contribution in [1.29, 1.82) is 0 Å². The number of hydrogen-bond acceptors (Lipinski definition) is 5. The van der Waals surface area contributed by atoms with Crippen LogP contribution in [0.2, 0.25) is 5.02 Å². The number of aromatic nitrogens is 2. The van der Waals surface area contributed by atoms with E-state index in [2.05, 4.69) is 9.97 Å². The summed E-state index contributed by atoms with van der Waals surface area (Å²) < 4.78 is 18.4. The molecule has 1 aromatic heterocycles. The summed E-state index contributed by atoms with van der Waals surface area (Å²) in [6.45, 7) is 0.0171. The summed E-state index contributed by atoms with van der Waals surface area (Å²) in [5, 5.41) is -0.00783. The Labute approximate surface area is 113 Å². The molecule has 2 rings (SSSR count). The van der Waals surface area contributed by atoms with Crippen molar-refractivity contribution in [1.82, 2.24) is 9.97 Å². The molecule has 0 aliphatic heterocycles. The molecule has 2 N–H and O–H groups in total. The monoisotopic (exact) mass is 281 g/mol. The van der Waals surface area contributed by atoms with Gasteiger partial charge in [-0.1, -0.05) is 17.7 Å². The predicted molar refractivity (Wildman–Crippen MR) is 66.3 cm³/mol. The van der Waals surface area contributed by atoms with Crippen LogP contribution in [0.5, 0.6) is 5.75 Å². The lowest BCUT2D eigenvalue weighted by Crippen LogP contribution is -2.17. The van der Waals surface area contributed by atoms with E-state index in [0.717, 1.165) is 6.07 Å². The molecule has 0 radical (unpaired) electrons. The van der Waals surface area contributed by atoms with Crippen LogP contribution in [-0.4, -0.2) is 15.9 Å². The van der Waals surface area contributed by atoms with Crippen molar-refractivity contribution in [2.24, 2.45) is 5.73 Å². The summed E-state index contributed by atoms with van der Waals surface area (Å²) in [4.78, 5) is 19.6. The number of carbonyl (C=O) groups excluding carboxylic acids is 1. The SMILES string of the molecule is NCc1nccnc1C(=O)Oc1c(F)cccc1Cl. The van der Waals surface area contributed by atoms with Gasteiger partial charge < -0.3 is 10.5 Å². The zero-order valence-electron chi connectivity index (χ0n) is 9.64. The van der Waals surface area contributed by atoms with Crippen LogP contribution in [0.15, 0.2) is 30.6 Å². The summed E-state index contributed by atoms with van der Waals surface area (Å²) in [6.07, 6.45) is 2.72. The molecule has 7 heteroatoms. The summed E-state index contributed by atoms with van der Waals surface area (Å²) in [7, 11) is 0. The lowest BCUT2D eigenvalue weighted by Gasteiger charge is -2.08. The van der Waals surface area contributed by atoms with Crippen LogP contribution in [0.4, 0.5) is 4.39 Å². The van der Waals surface area contributed by atoms with Crippen LogP contribution in [0, 0.1) is 5.82 Å². The second-order valence-corrected chi connectivity index (χ2v) is 3.90. The van der Waals surface area contributed by atoms with Crippen LogP contribution in [0.3, 0.4) is 0 Å². The highest BCUT2D eigenvalue weighted by atomic mass is 35.5. The standard InChI is InChI=1S/C12H9ClFN3O2/c13-7-2-1-3-8(14)11(7)19-12(18)10-9(6-15)16-4-5-17-10/h1-5H,6,15H2. The maximum Gasteiger partial charge on any atom is 0.364 e. The van der Waals surface area contributed by atoms with Gasteiger partial charge in [-0.15, -0.1) is 0 Å². The number of para-hydroxylation sites is 1. The highest BCUT2D eigenvalue weighted by molar-refractivity contribution is 6.32. The van der Waals surface area contributed by atoms with Crippen LogP contribution in [0.25, 0.3) is 0 Å². The van der Waals surface area contributed by atoms with E-state index < -0.39 is 11.8 Å². The van der Waals surface area contributed by atoms with Gasteiger partial charge in [0.25, 0.3) is 0 Å². The van der Waals surface area contributed by atoms with Gasteiger partial charge in [0.1, 0.15) is 0 Å². The molecule has 0 spiro atoms.